The SMILES string of the molecule is COc1cnc(C)cc1NCc1ccncc1C. The van der Waals surface area contributed by atoms with Gasteiger partial charge in [-0.05, 0) is 37.1 Å². The van der Waals surface area contributed by atoms with Crippen molar-refractivity contribution in [3.05, 3.63) is 47.5 Å². The highest BCUT2D eigenvalue weighted by Gasteiger charge is 2.04. The van der Waals surface area contributed by atoms with Gasteiger partial charge < -0.3 is 10.1 Å². The molecule has 4 nitrogen and oxygen atoms in total. The van der Waals surface area contributed by atoms with Crippen LogP contribution in [0.5, 0.6) is 5.75 Å². The number of rotatable bonds is 4. The number of anilines is 1. The Bertz CT molecular complexity index is 540. The summed E-state index contributed by atoms with van der Waals surface area (Å²) >= 11 is 0. The smallest absolute Gasteiger partial charge is 0.160 e. The summed E-state index contributed by atoms with van der Waals surface area (Å²) in [5.74, 6) is 0.757. The average molecular weight is 243 g/mol. The summed E-state index contributed by atoms with van der Waals surface area (Å²) in [7, 11) is 1.65. The quantitative estimate of drug-likeness (QED) is 0.897. The van der Waals surface area contributed by atoms with Crippen LogP contribution in [0.2, 0.25) is 0 Å². The minimum absolute atomic E-state index is 0.744. The second kappa shape index (κ2) is 5.49. The highest BCUT2D eigenvalue weighted by atomic mass is 16.5. The predicted octanol–water partition coefficient (Wildman–Crippen LogP) is 2.71. The van der Waals surface area contributed by atoms with E-state index in [4.69, 9.17) is 4.74 Å². The highest BCUT2D eigenvalue weighted by molar-refractivity contribution is 5.56. The zero-order valence-corrected chi connectivity index (χ0v) is 10.9. The van der Waals surface area contributed by atoms with E-state index >= 15 is 0 Å². The Morgan fingerprint density at radius 3 is 2.83 bits per heavy atom. The van der Waals surface area contributed by atoms with Gasteiger partial charge in [0.15, 0.2) is 5.75 Å². The van der Waals surface area contributed by atoms with Gasteiger partial charge in [0, 0.05) is 24.6 Å². The molecule has 0 amide bonds. The normalized spacial score (nSPS) is 10.2. The maximum Gasteiger partial charge on any atom is 0.160 e. The molecule has 2 aromatic heterocycles. The zero-order chi connectivity index (χ0) is 13.0. The van der Waals surface area contributed by atoms with Crippen LogP contribution in [-0.2, 0) is 6.54 Å². The Morgan fingerprint density at radius 1 is 1.28 bits per heavy atom. The summed E-state index contributed by atoms with van der Waals surface area (Å²) in [5, 5.41) is 3.37. The summed E-state index contributed by atoms with van der Waals surface area (Å²) in [6.45, 7) is 4.76. The minimum atomic E-state index is 0.744. The zero-order valence-electron chi connectivity index (χ0n) is 10.9. The molecule has 1 N–H and O–H groups in total. The third kappa shape index (κ3) is 2.77. The fraction of sp³-hybridized carbons (Fsp3) is 0.286. The Hall–Kier alpha value is -2.10. The van der Waals surface area contributed by atoms with Gasteiger partial charge in [-0.15, -0.1) is 0 Å². The Labute approximate surface area is 107 Å². The molecule has 0 spiro atoms. The molecule has 0 aromatic carbocycles. The van der Waals surface area contributed by atoms with Crippen LogP contribution in [0.4, 0.5) is 5.69 Å². The molecular formula is C14H17N3O. The van der Waals surface area contributed by atoms with Crippen molar-refractivity contribution >= 4 is 5.69 Å². The molecule has 2 aromatic rings. The molecule has 0 bridgehead atoms. The number of nitrogens with one attached hydrogen (secondary N) is 1. The van der Waals surface area contributed by atoms with Crippen molar-refractivity contribution in [1.82, 2.24) is 9.97 Å². The first kappa shape index (κ1) is 12.4. The molecule has 0 aliphatic carbocycles. The van der Waals surface area contributed by atoms with E-state index in [9.17, 15) is 0 Å². The van der Waals surface area contributed by atoms with Crippen molar-refractivity contribution in [3.8, 4) is 5.75 Å². The van der Waals surface area contributed by atoms with Crippen LogP contribution in [-0.4, -0.2) is 17.1 Å². The monoisotopic (exact) mass is 243 g/mol. The number of aryl methyl sites for hydroxylation is 2. The number of hydrogen-bond donors (Lipinski definition) is 1. The van der Waals surface area contributed by atoms with Gasteiger partial charge in [-0.1, -0.05) is 0 Å². The second-order valence-electron chi connectivity index (χ2n) is 4.18. The van der Waals surface area contributed by atoms with Crippen molar-refractivity contribution in [2.24, 2.45) is 0 Å². The van der Waals surface area contributed by atoms with E-state index in [1.807, 2.05) is 25.3 Å². The molecular weight excluding hydrogens is 226 g/mol. The number of ether oxygens (including phenoxy) is 1. The lowest BCUT2D eigenvalue weighted by molar-refractivity contribution is 0.414. The third-order valence-corrected chi connectivity index (χ3v) is 2.83. The van der Waals surface area contributed by atoms with Crippen LogP contribution >= 0.6 is 0 Å². The van der Waals surface area contributed by atoms with E-state index in [1.54, 1.807) is 19.5 Å². The standard InChI is InChI=1S/C14H17N3O/c1-10-7-15-5-4-12(10)8-17-13-6-11(2)16-9-14(13)18-3/h4-7,9H,8H2,1-3H3,(H,16,17). The molecule has 4 heteroatoms. The lowest BCUT2D eigenvalue weighted by Gasteiger charge is -2.12. The van der Waals surface area contributed by atoms with Crippen LogP contribution in [0.1, 0.15) is 16.8 Å². The maximum absolute atomic E-state index is 5.28. The van der Waals surface area contributed by atoms with Gasteiger partial charge in [-0.25, -0.2) is 0 Å². The first-order valence-electron chi connectivity index (χ1n) is 5.84. The molecule has 0 aliphatic rings. The molecule has 0 saturated carbocycles. The minimum Gasteiger partial charge on any atom is -0.493 e. The number of hydrogen-bond acceptors (Lipinski definition) is 4. The van der Waals surface area contributed by atoms with Crippen molar-refractivity contribution < 1.29 is 4.74 Å². The van der Waals surface area contributed by atoms with Crippen molar-refractivity contribution in [1.29, 1.82) is 0 Å². The molecule has 2 heterocycles. The van der Waals surface area contributed by atoms with E-state index < -0.39 is 0 Å². The van der Waals surface area contributed by atoms with Crippen molar-refractivity contribution in [3.63, 3.8) is 0 Å². The summed E-state index contributed by atoms with van der Waals surface area (Å²) in [6.07, 6.45) is 5.40. The average Bonchev–Trinajstić information content (AvgIpc) is 2.38. The summed E-state index contributed by atoms with van der Waals surface area (Å²) in [5.41, 5.74) is 4.32. The predicted molar refractivity (Wildman–Crippen MR) is 71.8 cm³/mol. The van der Waals surface area contributed by atoms with Crippen molar-refractivity contribution in [2.75, 3.05) is 12.4 Å². The van der Waals surface area contributed by atoms with Crippen molar-refractivity contribution in [2.45, 2.75) is 20.4 Å². The Morgan fingerprint density at radius 2 is 2.11 bits per heavy atom. The summed E-state index contributed by atoms with van der Waals surface area (Å²) in [6, 6.07) is 4.00. The summed E-state index contributed by atoms with van der Waals surface area (Å²) < 4.78 is 5.28. The van der Waals surface area contributed by atoms with E-state index in [2.05, 4.69) is 22.2 Å². The molecule has 0 unspecified atom stereocenters. The molecule has 0 fully saturated rings. The van der Waals surface area contributed by atoms with E-state index in [1.165, 1.54) is 11.1 Å². The number of pyridine rings is 2. The van der Waals surface area contributed by atoms with Gasteiger partial charge in [-0.2, -0.15) is 0 Å². The molecule has 0 saturated heterocycles. The summed E-state index contributed by atoms with van der Waals surface area (Å²) in [4.78, 5) is 8.29. The van der Waals surface area contributed by atoms with Gasteiger partial charge >= 0.3 is 0 Å². The molecule has 2 rings (SSSR count). The maximum atomic E-state index is 5.28. The van der Waals surface area contributed by atoms with Crippen LogP contribution < -0.4 is 10.1 Å². The van der Waals surface area contributed by atoms with Crippen LogP contribution in [0, 0.1) is 13.8 Å². The Kier molecular flexibility index (Phi) is 3.77. The number of nitrogens with zero attached hydrogens (tertiary/aromatic N) is 2. The van der Waals surface area contributed by atoms with Crippen LogP contribution in [0.3, 0.4) is 0 Å². The third-order valence-electron chi connectivity index (χ3n) is 2.83. The number of methoxy groups -OCH3 is 1. The first-order valence-corrected chi connectivity index (χ1v) is 5.84. The topological polar surface area (TPSA) is 47.0 Å². The van der Waals surface area contributed by atoms with E-state index in [-0.39, 0.29) is 0 Å². The molecule has 0 aliphatic heterocycles. The lowest BCUT2D eigenvalue weighted by atomic mass is 10.1. The highest BCUT2D eigenvalue weighted by Crippen LogP contribution is 2.24. The first-order chi connectivity index (χ1) is 8.70. The fourth-order valence-electron chi connectivity index (χ4n) is 1.74. The van der Waals surface area contributed by atoms with Crippen LogP contribution in [0.25, 0.3) is 0 Å². The van der Waals surface area contributed by atoms with Gasteiger partial charge in [0.1, 0.15) is 0 Å². The molecule has 0 radical (unpaired) electrons. The van der Waals surface area contributed by atoms with Gasteiger partial charge in [0.05, 0.1) is 19.0 Å². The van der Waals surface area contributed by atoms with Gasteiger partial charge in [0.2, 0.25) is 0 Å². The van der Waals surface area contributed by atoms with Crippen LogP contribution in [0.15, 0.2) is 30.7 Å². The second-order valence-corrected chi connectivity index (χ2v) is 4.18. The van der Waals surface area contributed by atoms with E-state index in [0.29, 0.717) is 0 Å². The molecule has 0 atom stereocenters. The largest absolute Gasteiger partial charge is 0.493 e. The lowest BCUT2D eigenvalue weighted by Crippen LogP contribution is -2.04. The molecule has 94 valence electrons. The van der Waals surface area contributed by atoms with E-state index in [0.717, 1.165) is 23.7 Å². The van der Waals surface area contributed by atoms with Gasteiger partial charge in [-0.3, -0.25) is 9.97 Å². The van der Waals surface area contributed by atoms with Gasteiger partial charge in [0.25, 0.3) is 0 Å². The fourth-order valence-corrected chi connectivity index (χ4v) is 1.74. The number of aromatic nitrogens is 2. The Balaban J connectivity index is 2.15. The molecule has 18 heavy (non-hydrogen) atoms.